The van der Waals surface area contributed by atoms with Gasteiger partial charge in [-0.2, -0.15) is 0 Å². The molecule has 2 N–H and O–H groups in total. The smallest absolute Gasteiger partial charge is 0.261 e. The number of aromatic nitrogens is 2. The van der Waals surface area contributed by atoms with E-state index in [1.807, 2.05) is 6.07 Å². The highest BCUT2D eigenvalue weighted by atomic mass is 16.2. The highest BCUT2D eigenvalue weighted by molar-refractivity contribution is 5.83. The van der Waals surface area contributed by atoms with Gasteiger partial charge in [-0.05, 0) is 19.1 Å². The van der Waals surface area contributed by atoms with Gasteiger partial charge in [-0.3, -0.25) is 29.8 Å². The summed E-state index contributed by atoms with van der Waals surface area (Å²) in [6, 6.07) is 7.09. The number of rotatable bonds is 4. The SMILES string of the molecule is Cc1nc2ccccc2c(=O)n1CCC(=O)NNC(=O)C(C)C. The number of fused-ring (bicyclic) bond motifs is 1. The Hall–Kier alpha value is -2.70. The molecule has 0 aliphatic heterocycles. The van der Waals surface area contributed by atoms with E-state index in [4.69, 9.17) is 0 Å². The monoisotopic (exact) mass is 316 g/mol. The molecule has 2 amide bonds. The van der Waals surface area contributed by atoms with E-state index in [9.17, 15) is 14.4 Å². The Morgan fingerprint density at radius 2 is 1.91 bits per heavy atom. The zero-order valence-corrected chi connectivity index (χ0v) is 13.4. The number of para-hydroxylation sites is 1. The number of aryl methyl sites for hydroxylation is 1. The Labute approximate surface area is 133 Å². The topological polar surface area (TPSA) is 93.1 Å². The van der Waals surface area contributed by atoms with Gasteiger partial charge >= 0.3 is 0 Å². The molecule has 7 heteroatoms. The second kappa shape index (κ2) is 7.04. The van der Waals surface area contributed by atoms with E-state index in [0.717, 1.165) is 0 Å². The summed E-state index contributed by atoms with van der Waals surface area (Å²) in [7, 11) is 0. The van der Waals surface area contributed by atoms with Gasteiger partial charge in [0.15, 0.2) is 0 Å². The number of carbonyl (C=O) groups excluding carboxylic acids is 2. The van der Waals surface area contributed by atoms with Gasteiger partial charge < -0.3 is 0 Å². The van der Waals surface area contributed by atoms with Crippen LogP contribution < -0.4 is 16.4 Å². The molecule has 0 unspecified atom stereocenters. The van der Waals surface area contributed by atoms with Crippen LogP contribution in [0.1, 0.15) is 26.1 Å². The van der Waals surface area contributed by atoms with Crippen molar-refractivity contribution < 1.29 is 9.59 Å². The van der Waals surface area contributed by atoms with Crippen LogP contribution in [0.5, 0.6) is 0 Å². The molecule has 2 rings (SSSR count). The van der Waals surface area contributed by atoms with Crippen LogP contribution in [-0.2, 0) is 16.1 Å². The minimum atomic E-state index is -0.363. The third kappa shape index (κ3) is 3.94. The maximum Gasteiger partial charge on any atom is 0.261 e. The lowest BCUT2D eigenvalue weighted by molar-refractivity contribution is -0.130. The van der Waals surface area contributed by atoms with Crippen molar-refractivity contribution in [2.75, 3.05) is 0 Å². The van der Waals surface area contributed by atoms with Crippen molar-refractivity contribution in [3.8, 4) is 0 Å². The summed E-state index contributed by atoms with van der Waals surface area (Å²) in [5.41, 5.74) is 5.14. The van der Waals surface area contributed by atoms with Gasteiger partial charge in [0.05, 0.1) is 10.9 Å². The molecule has 0 aliphatic rings. The van der Waals surface area contributed by atoms with Crippen LogP contribution in [0.3, 0.4) is 0 Å². The van der Waals surface area contributed by atoms with Gasteiger partial charge in [0.2, 0.25) is 11.8 Å². The van der Waals surface area contributed by atoms with E-state index < -0.39 is 0 Å². The number of hydrazine groups is 1. The van der Waals surface area contributed by atoms with Crippen LogP contribution in [0, 0.1) is 12.8 Å². The molecule has 0 bridgehead atoms. The fourth-order valence-electron chi connectivity index (χ4n) is 2.09. The second-order valence-corrected chi connectivity index (χ2v) is 5.58. The van der Waals surface area contributed by atoms with Crippen molar-refractivity contribution in [2.45, 2.75) is 33.7 Å². The average molecular weight is 316 g/mol. The number of carbonyl (C=O) groups is 2. The van der Waals surface area contributed by atoms with E-state index in [0.29, 0.717) is 16.7 Å². The van der Waals surface area contributed by atoms with Crippen molar-refractivity contribution >= 4 is 22.7 Å². The fourth-order valence-corrected chi connectivity index (χ4v) is 2.09. The predicted molar refractivity (Wildman–Crippen MR) is 86.5 cm³/mol. The lowest BCUT2D eigenvalue weighted by Crippen LogP contribution is -2.44. The molecule has 0 atom stereocenters. The minimum Gasteiger partial charge on any atom is -0.296 e. The van der Waals surface area contributed by atoms with Gasteiger partial charge in [0, 0.05) is 18.9 Å². The first-order valence-corrected chi connectivity index (χ1v) is 7.45. The average Bonchev–Trinajstić information content (AvgIpc) is 2.52. The summed E-state index contributed by atoms with van der Waals surface area (Å²) < 4.78 is 1.46. The lowest BCUT2D eigenvalue weighted by atomic mass is 10.2. The lowest BCUT2D eigenvalue weighted by Gasteiger charge is -2.12. The van der Waals surface area contributed by atoms with Crippen molar-refractivity contribution in [3.05, 3.63) is 40.4 Å². The molecule has 0 saturated carbocycles. The number of nitrogens with zero attached hydrogens (tertiary/aromatic N) is 2. The van der Waals surface area contributed by atoms with E-state index in [-0.39, 0.29) is 36.3 Å². The molecular formula is C16H20N4O3. The number of benzene rings is 1. The van der Waals surface area contributed by atoms with Crippen molar-refractivity contribution in [1.82, 2.24) is 20.4 Å². The van der Waals surface area contributed by atoms with Gasteiger partial charge in [-0.15, -0.1) is 0 Å². The predicted octanol–water partition coefficient (Wildman–Crippen LogP) is 0.898. The van der Waals surface area contributed by atoms with Gasteiger partial charge in [-0.25, -0.2) is 4.98 Å². The molecule has 1 aromatic heterocycles. The summed E-state index contributed by atoms with van der Waals surface area (Å²) in [6.07, 6.45) is 0.0686. The zero-order chi connectivity index (χ0) is 17.0. The highest BCUT2D eigenvalue weighted by Gasteiger charge is 2.11. The second-order valence-electron chi connectivity index (χ2n) is 5.58. The zero-order valence-electron chi connectivity index (χ0n) is 13.4. The molecule has 0 radical (unpaired) electrons. The molecular weight excluding hydrogens is 296 g/mol. The maximum atomic E-state index is 12.4. The van der Waals surface area contributed by atoms with Crippen molar-refractivity contribution in [2.24, 2.45) is 5.92 Å². The Kier molecular flexibility index (Phi) is 5.10. The summed E-state index contributed by atoms with van der Waals surface area (Å²) in [5, 5.41) is 0.520. The summed E-state index contributed by atoms with van der Waals surface area (Å²) in [6.45, 7) is 5.38. The van der Waals surface area contributed by atoms with Crippen LogP contribution in [0.25, 0.3) is 10.9 Å². The highest BCUT2D eigenvalue weighted by Crippen LogP contribution is 2.07. The molecule has 0 aliphatic carbocycles. The Balaban J connectivity index is 2.06. The standard InChI is InChI=1S/C16H20N4O3/c1-10(2)15(22)19-18-14(21)8-9-20-11(3)17-13-7-5-4-6-12(13)16(20)23/h4-7,10H,8-9H2,1-3H3,(H,18,21)(H,19,22). The quantitative estimate of drug-likeness (QED) is 0.820. The largest absolute Gasteiger partial charge is 0.296 e. The van der Waals surface area contributed by atoms with E-state index in [1.54, 1.807) is 39.0 Å². The first kappa shape index (κ1) is 16.7. The minimum absolute atomic E-state index is 0.0686. The molecule has 2 aromatic rings. The number of amides is 2. The third-order valence-electron chi connectivity index (χ3n) is 3.46. The summed E-state index contributed by atoms with van der Waals surface area (Å²) in [4.78, 5) is 40.0. The van der Waals surface area contributed by atoms with Gasteiger partial charge in [-0.1, -0.05) is 26.0 Å². The van der Waals surface area contributed by atoms with Crippen LogP contribution >= 0.6 is 0 Å². The molecule has 122 valence electrons. The first-order valence-electron chi connectivity index (χ1n) is 7.45. The van der Waals surface area contributed by atoms with Crippen LogP contribution in [0.15, 0.2) is 29.1 Å². The molecule has 0 fully saturated rings. The Morgan fingerprint density at radius 1 is 1.22 bits per heavy atom. The van der Waals surface area contributed by atoms with Crippen LogP contribution in [-0.4, -0.2) is 21.4 Å². The van der Waals surface area contributed by atoms with E-state index >= 15 is 0 Å². The molecule has 23 heavy (non-hydrogen) atoms. The van der Waals surface area contributed by atoms with E-state index in [2.05, 4.69) is 15.8 Å². The fraction of sp³-hybridized carbons (Fsp3) is 0.375. The molecule has 0 saturated heterocycles. The number of hydrogen-bond acceptors (Lipinski definition) is 4. The Bertz CT molecular complexity index is 796. The molecule has 1 heterocycles. The molecule has 7 nitrogen and oxygen atoms in total. The first-order chi connectivity index (χ1) is 10.9. The van der Waals surface area contributed by atoms with Crippen molar-refractivity contribution in [1.29, 1.82) is 0 Å². The molecule has 0 spiro atoms. The Morgan fingerprint density at radius 3 is 2.61 bits per heavy atom. The third-order valence-corrected chi connectivity index (χ3v) is 3.46. The summed E-state index contributed by atoms with van der Waals surface area (Å²) in [5.74, 6) is -0.296. The normalized spacial score (nSPS) is 10.8. The van der Waals surface area contributed by atoms with Gasteiger partial charge in [0.25, 0.3) is 5.56 Å². The van der Waals surface area contributed by atoms with Gasteiger partial charge in [0.1, 0.15) is 5.82 Å². The van der Waals surface area contributed by atoms with Crippen molar-refractivity contribution in [3.63, 3.8) is 0 Å². The van der Waals surface area contributed by atoms with E-state index in [1.165, 1.54) is 4.57 Å². The number of nitrogens with one attached hydrogen (secondary N) is 2. The van der Waals surface area contributed by atoms with Crippen LogP contribution in [0.4, 0.5) is 0 Å². The van der Waals surface area contributed by atoms with Crippen LogP contribution in [0.2, 0.25) is 0 Å². The summed E-state index contributed by atoms with van der Waals surface area (Å²) >= 11 is 0. The number of hydrogen-bond donors (Lipinski definition) is 2. The molecule has 1 aromatic carbocycles. The maximum absolute atomic E-state index is 12.4.